The number of allylic oxidation sites excluding steroid dienone is 1. The molecule has 0 amide bonds. The third-order valence-corrected chi connectivity index (χ3v) is 3.06. The van der Waals surface area contributed by atoms with E-state index in [2.05, 4.69) is 6.08 Å². The largest absolute Gasteiger partial charge is 0.374 e. The minimum absolute atomic E-state index is 0.421. The van der Waals surface area contributed by atoms with Crippen LogP contribution in [0.4, 0.5) is 0 Å². The number of hydrogen-bond acceptors (Lipinski definition) is 2. The average molecular weight is 181 g/mol. The maximum atomic E-state index is 5.85. The van der Waals surface area contributed by atoms with Crippen molar-refractivity contribution in [2.75, 3.05) is 6.61 Å². The first-order valence-corrected chi connectivity index (χ1v) is 5.41. The molecular formula is C11H19NO. The van der Waals surface area contributed by atoms with Crippen LogP contribution < -0.4 is 5.73 Å². The highest BCUT2D eigenvalue weighted by molar-refractivity contribution is 5.09. The summed E-state index contributed by atoms with van der Waals surface area (Å²) < 4.78 is 5.57. The van der Waals surface area contributed by atoms with Gasteiger partial charge in [0.2, 0.25) is 0 Å². The van der Waals surface area contributed by atoms with Crippen LogP contribution in [0.2, 0.25) is 0 Å². The molecule has 2 aliphatic rings. The Hall–Kier alpha value is -0.340. The van der Waals surface area contributed by atoms with Crippen molar-refractivity contribution < 1.29 is 4.74 Å². The Morgan fingerprint density at radius 2 is 2.00 bits per heavy atom. The lowest BCUT2D eigenvalue weighted by Crippen LogP contribution is -2.23. The lowest BCUT2D eigenvalue weighted by molar-refractivity contribution is 0.144. The Labute approximate surface area is 80.1 Å². The van der Waals surface area contributed by atoms with Gasteiger partial charge in [-0.25, -0.2) is 0 Å². The van der Waals surface area contributed by atoms with Gasteiger partial charge in [-0.1, -0.05) is 11.6 Å². The van der Waals surface area contributed by atoms with Crippen LogP contribution in [0.25, 0.3) is 0 Å². The molecule has 2 nitrogen and oxygen atoms in total. The van der Waals surface area contributed by atoms with E-state index < -0.39 is 0 Å². The second kappa shape index (κ2) is 4.25. The molecule has 0 aromatic rings. The summed E-state index contributed by atoms with van der Waals surface area (Å²) in [5, 5.41) is 0. The fraction of sp³-hybridized carbons (Fsp3) is 0.818. The summed E-state index contributed by atoms with van der Waals surface area (Å²) in [6.07, 6.45) is 9.94. The van der Waals surface area contributed by atoms with Gasteiger partial charge in [-0.05, 0) is 38.5 Å². The van der Waals surface area contributed by atoms with Gasteiger partial charge < -0.3 is 10.5 Å². The van der Waals surface area contributed by atoms with Crippen LogP contribution in [-0.2, 0) is 4.74 Å². The molecule has 2 heteroatoms. The van der Waals surface area contributed by atoms with E-state index in [1.165, 1.54) is 38.5 Å². The highest BCUT2D eigenvalue weighted by atomic mass is 16.5. The fourth-order valence-corrected chi connectivity index (χ4v) is 2.17. The molecule has 13 heavy (non-hydrogen) atoms. The summed E-state index contributed by atoms with van der Waals surface area (Å²) in [4.78, 5) is 0. The first kappa shape index (κ1) is 9.22. The summed E-state index contributed by atoms with van der Waals surface area (Å²) in [5.74, 6) is 0. The van der Waals surface area contributed by atoms with Gasteiger partial charge in [-0.2, -0.15) is 0 Å². The van der Waals surface area contributed by atoms with E-state index in [1.807, 2.05) is 0 Å². The molecule has 1 heterocycles. The lowest BCUT2D eigenvalue weighted by Gasteiger charge is -2.21. The zero-order valence-corrected chi connectivity index (χ0v) is 8.17. The van der Waals surface area contributed by atoms with E-state index in [4.69, 9.17) is 10.5 Å². The van der Waals surface area contributed by atoms with Crippen LogP contribution in [-0.4, -0.2) is 18.8 Å². The molecule has 1 saturated heterocycles. The first-order valence-electron chi connectivity index (χ1n) is 5.41. The van der Waals surface area contributed by atoms with Gasteiger partial charge in [0.25, 0.3) is 0 Å². The van der Waals surface area contributed by atoms with Gasteiger partial charge in [-0.3, -0.25) is 0 Å². The second-order valence-corrected chi connectivity index (χ2v) is 4.21. The van der Waals surface area contributed by atoms with Crippen LogP contribution in [0.15, 0.2) is 11.6 Å². The Balaban J connectivity index is 1.85. The van der Waals surface area contributed by atoms with Crippen molar-refractivity contribution in [3.8, 4) is 0 Å². The van der Waals surface area contributed by atoms with E-state index >= 15 is 0 Å². The highest BCUT2D eigenvalue weighted by Crippen LogP contribution is 2.25. The Kier molecular flexibility index (Phi) is 3.01. The molecule has 1 saturated carbocycles. The Morgan fingerprint density at radius 3 is 2.62 bits per heavy atom. The summed E-state index contributed by atoms with van der Waals surface area (Å²) in [6, 6.07) is 0.446. The quantitative estimate of drug-likeness (QED) is 0.628. The zero-order valence-electron chi connectivity index (χ0n) is 8.17. The van der Waals surface area contributed by atoms with Gasteiger partial charge in [0.1, 0.15) is 0 Å². The van der Waals surface area contributed by atoms with Crippen LogP contribution in [0, 0.1) is 0 Å². The molecule has 1 unspecified atom stereocenters. The van der Waals surface area contributed by atoms with Crippen LogP contribution in [0.5, 0.6) is 0 Å². The molecule has 1 atom stereocenters. The molecule has 0 aromatic carbocycles. The maximum Gasteiger partial charge on any atom is 0.0759 e. The highest BCUT2D eigenvalue weighted by Gasteiger charge is 2.17. The van der Waals surface area contributed by atoms with Crippen LogP contribution >= 0.6 is 0 Å². The van der Waals surface area contributed by atoms with Crippen molar-refractivity contribution in [2.45, 2.75) is 50.7 Å². The smallest absolute Gasteiger partial charge is 0.0759 e. The van der Waals surface area contributed by atoms with Gasteiger partial charge in [0, 0.05) is 12.6 Å². The van der Waals surface area contributed by atoms with Crippen molar-refractivity contribution in [1.29, 1.82) is 0 Å². The molecule has 1 aliphatic carbocycles. The molecule has 2 fully saturated rings. The minimum Gasteiger partial charge on any atom is -0.374 e. The minimum atomic E-state index is 0.421. The van der Waals surface area contributed by atoms with Gasteiger partial charge in [0.05, 0.1) is 6.10 Å². The van der Waals surface area contributed by atoms with Crippen LogP contribution in [0.3, 0.4) is 0 Å². The third kappa shape index (κ3) is 2.55. The molecule has 0 radical (unpaired) electrons. The summed E-state index contributed by atoms with van der Waals surface area (Å²) in [7, 11) is 0. The Morgan fingerprint density at radius 1 is 1.23 bits per heavy atom. The molecule has 0 aromatic heterocycles. The van der Waals surface area contributed by atoms with E-state index in [0.717, 1.165) is 6.61 Å². The predicted molar refractivity (Wildman–Crippen MR) is 53.5 cm³/mol. The van der Waals surface area contributed by atoms with Crippen LogP contribution in [0.1, 0.15) is 38.5 Å². The molecule has 74 valence electrons. The normalized spacial score (nSPS) is 35.0. The van der Waals surface area contributed by atoms with E-state index in [-0.39, 0.29) is 0 Å². The number of nitrogens with two attached hydrogens (primary N) is 1. The first-order chi connectivity index (χ1) is 6.34. The van der Waals surface area contributed by atoms with Crippen molar-refractivity contribution >= 4 is 0 Å². The third-order valence-electron chi connectivity index (χ3n) is 3.06. The molecule has 2 rings (SSSR count). The number of hydrogen-bond donors (Lipinski definition) is 1. The van der Waals surface area contributed by atoms with Crippen molar-refractivity contribution in [3.05, 3.63) is 11.6 Å². The molecule has 0 bridgehead atoms. The van der Waals surface area contributed by atoms with E-state index in [0.29, 0.717) is 12.1 Å². The predicted octanol–water partition coefficient (Wildman–Crippen LogP) is 1.99. The summed E-state index contributed by atoms with van der Waals surface area (Å²) in [6.45, 7) is 0.952. The van der Waals surface area contributed by atoms with E-state index in [1.54, 1.807) is 5.57 Å². The summed E-state index contributed by atoms with van der Waals surface area (Å²) in [5.41, 5.74) is 7.42. The standard InChI is InChI=1S/C11H19NO/c12-10-5-3-9(4-6-10)8-11-2-1-7-13-11/h8,10-11H,1-7,12H2. The molecular weight excluding hydrogens is 162 g/mol. The molecule has 2 N–H and O–H groups in total. The van der Waals surface area contributed by atoms with Crippen molar-refractivity contribution in [2.24, 2.45) is 5.73 Å². The molecule has 0 spiro atoms. The average Bonchev–Trinajstić information content (AvgIpc) is 2.62. The maximum absolute atomic E-state index is 5.85. The zero-order chi connectivity index (χ0) is 9.10. The number of ether oxygens (including phenoxy) is 1. The molecule has 1 aliphatic heterocycles. The monoisotopic (exact) mass is 181 g/mol. The number of rotatable bonds is 1. The van der Waals surface area contributed by atoms with E-state index in [9.17, 15) is 0 Å². The SMILES string of the molecule is NC1CCC(=CC2CCCO2)CC1. The van der Waals surface area contributed by atoms with Crippen molar-refractivity contribution in [3.63, 3.8) is 0 Å². The van der Waals surface area contributed by atoms with Gasteiger partial charge in [0.15, 0.2) is 0 Å². The topological polar surface area (TPSA) is 35.2 Å². The fourth-order valence-electron chi connectivity index (χ4n) is 2.17. The second-order valence-electron chi connectivity index (χ2n) is 4.21. The van der Waals surface area contributed by atoms with Crippen molar-refractivity contribution in [1.82, 2.24) is 0 Å². The summed E-state index contributed by atoms with van der Waals surface area (Å²) >= 11 is 0. The van der Waals surface area contributed by atoms with Gasteiger partial charge >= 0.3 is 0 Å². The lowest BCUT2D eigenvalue weighted by atomic mass is 9.90. The Bertz CT molecular complexity index is 184. The van der Waals surface area contributed by atoms with Gasteiger partial charge in [-0.15, -0.1) is 0 Å².